The number of carbonyl (C=O) groups excluding carboxylic acids is 1. The zero-order valence-corrected chi connectivity index (χ0v) is 19.5. The number of nitrogens with two attached hydrogens (primary N) is 1. The first-order valence-corrected chi connectivity index (χ1v) is 11.6. The molecule has 6 nitrogen and oxygen atoms in total. The molecule has 0 bridgehead atoms. The molecule has 1 unspecified atom stereocenters. The van der Waals surface area contributed by atoms with Crippen molar-refractivity contribution in [2.45, 2.75) is 50.9 Å². The highest BCUT2D eigenvalue weighted by Gasteiger charge is 2.19. The van der Waals surface area contributed by atoms with Gasteiger partial charge in [-0.1, -0.05) is 60.7 Å². The van der Waals surface area contributed by atoms with Gasteiger partial charge < -0.3 is 26.4 Å². The van der Waals surface area contributed by atoms with Crippen LogP contribution < -0.4 is 11.1 Å². The van der Waals surface area contributed by atoms with E-state index in [9.17, 15) is 20.1 Å². The van der Waals surface area contributed by atoms with Crippen LogP contribution in [0.15, 0.2) is 72.8 Å². The number of nitrogens with one attached hydrogen (secondary N) is 1. The molecule has 3 atom stereocenters. The van der Waals surface area contributed by atoms with Crippen molar-refractivity contribution in [1.29, 1.82) is 0 Å². The molecule has 3 aromatic rings. The highest BCUT2D eigenvalue weighted by atomic mass is 16.3. The summed E-state index contributed by atoms with van der Waals surface area (Å²) in [6.45, 7) is 2.08. The maximum absolute atomic E-state index is 12.2. The number of phenols is 1. The molecule has 3 rings (SSSR count). The summed E-state index contributed by atoms with van der Waals surface area (Å²) in [6, 6.07) is 22.9. The van der Waals surface area contributed by atoms with Gasteiger partial charge in [0.05, 0.1) is 18.6 Å². The third-order valence-corrected chi connectivity index (χ3v) is 6.12. The molecule has 1 amide bonds. The topological polar surface area (TPSA) is 116 Å². The Balaban J connectivity index is 1.58. The first-order chi connectivity index (χ1) is 16.4. The van der Waals surface area contributed by atoms with Crippen LogP contribution in [0.5, 0.6) is 5.75 Å². The molecular formula is C28H34N2O4. The van der Waals surface area contributed by atoms with Gasteiger partial charge in [-0.2, -0.15) is 0 Å². The lowest BCUT2D eigenvalue weighted by molar-refractivity contribution is -0.119. The van der Waals surface area contributed by atoms with Gasteiger partial charge in [-0.3, -0.25) is 4.79 Å². The van der Waals surface area contributed by atoms with Crippen LogP contribution in [-0.2, 0) is 24.2 Å². The second-order valence-corrected chi connectivity index (χ2v) is 8.80. The minimum absolute atomic E-state index is 0.0118. The summed E-state index contributed by atoms with van der Waals surface area (Å²) in [5.41, 5.74) is 9.95. The highest BCUT2D eigenvalue weighted by Crippen LogP contribution is 2.24. The smallest absolute Gasteiger partial charge is 0.224 e. The molecule has 6 heteroatoms. The average molecular weight is 463 g/mol. The molecule has 3 aromatic carbocycles. The van der Waals surface area contributed by atoms with Crippen molar-refractivity contribution in [3.05, 3.63) is 101 Å². The van der Waals surface area contributed by atoms with Crippen molar-refractivity contribution in [3.8, 4) is 5.75 Å². The normalized spacial score (nSPS) is 13.9. The first kappa shape index (κ1) is 25.4. The number of benzene rings is 3. The van der Waals surface area contributed by atoms with E-state index in [4.69, 9.17) is 5.73 Å². The second-order valence-electron chi connectivity index (χ2n) is 8.80. The van der Waals surface area contributed by atoms with Crippen molar-refractivity contribution < 1.29 is 20.1 Å². The van der Waals surface area contributed by atoms with Gasteiger partial charge in [0.15, 0.2) is 0 Å². The van der Waals surface area contributed by atoms with E-state index in [-0.39, 0.29) is 30.2 Å². The molecule has 0 spiro atoms. The van der Waals surface area contributed by atoms with Gasteiger partial charge in [0.2, 0.25) is 5.91 Å². The van der Waals surface area contributed by atoms with E-state index in [1.807, 2.05) is 49.4 Å². The Bertz CT molecular complexity index is 1070. The molecule has 180 valence electrons. The first-order valence-electron chi connectivity index (χ1n) is 11.6. The number of aliphatic hydroxyl groups is 2. The van der Waals surface area contributed by atoms with Crippen molar-refractivity contribution in [1.82, 2.24) is 5.32 Å². The molecule has 0 aliphatic heterocycles. The van der Waals surface area contributed by atoms with Crippen molar-refractivity contribution in [2.24, 2.45) is 5.73 Å². The molecule has 0 saturated heterocycles. The van der Waals surface area contributed by atoms with Gasteiger partial charge >= 0.3 is 0 Å². The summed E-state index contributed by atoms with van der Waals surface area (Å²) in [6.07, 6.45) is 1.40. The number of aryl methyl sites for hydroxylation is 1. The molecule has 0 fully saturated rings. The van der Waals surface area contributed by atoms with E-state index in [1.165, 1.54) is 11.6 Å². The third-order valence-electron chi connectivity index (χ3n) is 6.12. The molecule has 0 heterocycles. The van der Waals surface area contributed by atoms with Crippen molar-refractivity contribution in [2.75, 3.05) is 6.54 Å². The Kier molecular flexibility index (Phi) is 9.22. The SMILES string of the molecule is C[C@H](Cc1cccc(C(CCc2ccccc2)C(N)=O)c1)NC[C@H](O)c1ccc(O)c(CO)c1. The molecular weight excluding hydrogens is 428 g/mol. The van der Waals surface area contributed by atoms with Gasteiger partial charge in [0.25, 0.3) is 0 Å². The van der Waals surface area contributed by atoms with Crippen molar-refractivity contribution in [3.63, 3.8) is 0 Å². The monoisotopic (exact) mass is 462 g/mol. The lowest BCUT2D eigenvalue weighted by atomic mass is 9.90. The van der Waals surface area contributed by atoms with Crippen LogP contribution in [0.1, 0.15) is 53.2 Å². The minimum atomic E-state index is -0.767. The third kappa shape index (κ3) is 7.15. The lowest BCUT2D eigenvalue weighted by Crippen LogP contribution is -2.32. The van der Waals surface area contributed by atoms with Gasteiger partial charge in [-0.25, -0.2) is 0 Å². The number of aromatic hydroxyl groups is 1. The fourth-order valence-corrected chi connectivity index (χ4v) is 4.16. The fourth-order valence-electron chi connectivity index (χ4n) is 4.16. The maximum Gasteiger partial charge on any atom is 0.224 e. The molecule has 0 radical (unpaired) electrons. The number of hydrogen-bond donors (Lipinski definition) is 5. The number of aliphatic hydroxyl groups excluding tert-OH is 2. The van der Waals surface area contributed by atoms with Crippen LogP contribution in [0.4, 0.5) is 0 Å². The van der Waals surface area contributed by atoms with E-state index in [0.29, 0.717) is 24.1 Å². The second kappa shape index (κ2) is 12.3. The van der Waals surface area contributed by atoms with E-state index in [1.54, 1.807) is 12.1 Å². The Labute approximate surface area is 201 Å². The summed E-state index contributed by atoms with van der Waals surface area (Å²) in [4.78, 5) is 12.2. The van der Waals surface area contributed by atoms with E-state index in [2.05, 4.69) is 17.4 Å². The van der Waals surface area contributed by atoms with Crippen LogP contribution in [0.25, 0.3) is 0 Å². The number of primary amides is 1. The zero-order valence-electron chi connectivity index (χ0n) is 19.5. The standard InChI is InChI=1S/C28H34N2O4/c1-19(30-17-27(33)23-11-13-26(32)24(16-23)18-31)14-21-8-5-9-22(15-21)25(28(29)34)12-10-20-6-3-2-4-7-20/h2-9,11,13,15-16,19,25,27,30-33H,10,12,14,17-18H2,1H3,(H2,29,34)/t19-,25?,27+/m1/s1. The molecule has 0 aliphatic carbocycles. The molecule has 34 heavy (non-hydrogen) atoms. The minimum Gasteiger partial charge on any atom is -0.508 e. The fraction of sp³-hybridized carbons (Fsp3) is 0.321. The van der Waals surface area contributed by atoms with Crippen LogP contribution in [-0.4, -0.2) is 33.8 Å². The molecule has 0 saturated carbocycles. The van der Waals surface area contributed by atoms with Crippen molar-refractivity contribution >= 4 is 5.91 Å². The summed E-state index contributed by atoms with van der Waals surface area (Å²) < 4.78 is 0. The lowest BCUT2D eigenvalue weighted by Gasteiger charge is -2.19. The Morgan fingerprint density at radius 3 is 2.41 bits per heavy atom. The highest BCUT2D eigenvalue weighted by molar-refractivity contribution is 5.82. The predicted molar refractivity (Wildman–Crippen MR) is 133 cm³/mol. The van der Waals surface area contributed by atoms with Gasteiger partial charge in [-0.05, 0) is 60.6 Å². The van der Waals surface area contributed by atoms with Crippen LogP contribution in [0.2, 0.25) is 0 Å². The Morgan fingerprint density at radius 2 is 1.71 bits per heavy atom. The Hall–Kier alpha value is -3.19. The van der Waals surface area contributed by atoms with Crippen LogP contribution >= 0.6 is 0 Å². The number of rotatable bonds is 12. The van der Waals surface area contributed by atoms with Crippen LogP contribution in [0.3, 0.4) is 0 Å². The average Bonchev–Trinajstić information content (AvgIpc) is 2.83. The van der Waals surface area contributed by atoms with E-state index < -0.39 is 6.10 Å². The largest absolute Gasteiger partial charge is 0.508 e. The number of hydrogen-bond acceptors (Lipinski definition) is 5. The summed E-state index contributed by atoms with van der Waals surface area (Å²) in [5, 5.41) is 32.8. The van der Waals surface area contributed by atoms with E-state index >= 15 is 0 Å². The quantitative estimate of drug-likeness (QED) is 0.283. The molecule has 0 aliphatic rings. The van der Waals surface area contributed by atoms with E-state index in [0.717, 1.165) is 24.0 Å². The Morgan fingerprint density at radius 1 is 0.971 bits per heavy atom. The van der Waals surface area contributed by atoms with Gasteiger partial charge in [-0.15, -0.1) is 0 Å². The zero-order chi connectivity index (χ0) is 24.5. The van der Waals surface area contributed by atoms with Crippen LogP contribution in [0, 0.1) is 0 Å². The maximum atomic E-state index is 12.2. The number of carbonyl (C=O) groups is 1. The molecule has 6 N–H and O–H groups in total. The summed E-state index contributed by atoms with van der Waals surface area (Å²) >= 11 is 0. The summed E-state index contributed by atoms with van der Waals surface area (Å²) in [7, 11) is 0. The number of amides is 1. The summed E-state index contributed by atoms with van der Waals surface area (Å²) in [5.74, 6) is -0.656. The predicted octanol–water partition coefficient (Wildman–Crippen LogP) is 3.34. The molecule has 0 aromatic heterocycles. The van der Waals surface area contributed by atoms with Gasteiger partial charge in [0.1, 0.15) is 5.75 Å². The van der Waals surface area contributed by atoms with Gasteiger partial charge in [0, 0.05) is 18.2 Å².